The predicted octanol–water partition coefficient (Wildman–Crippen LogP) is 1.83. The zero-order chi connectivity index (χ0) is 15.6. The van der Waals surface area contributed by atoms with Gasteiger partial charge in [0.25, 0.3) is 5.56 Å². The van der Waals surface area contributed by atoms with E-state index in [9.17, 15) is 9.59 Å². The van der Waals surface area contributed by atoms with Crippen molar-refractivity contribution in [2.24, 2.45) is 0 Å². The Bertz CT molecular complexity index is 720. The highest BCUT2D eigenvalue weighted by atomic mass is 32.1. The lowest BCUT2D eigenvalue weighted by Gasteiger charge is -2.16. The van der Waals surface area contributed by atoms with E-state index >= 15 is 0 Å². The van der Waals surface area contributed by atoms with E-state index in [0.29, 0.717) is 22.6 Å². The molecule has 0 N–H and O–H groups in total. The summed E-state index contributed by atoms with van der Waals surface area (Å²) >= 11 is 1.47. The van der Waals surface area contributed by atoms with Crippen LogP contribution in [0.4, 0.5) is 0 Å². The van der Waals surface area contributed by atoms with Gasteiger partial charge in [0.1, 0.15) is 23.3 Å². The summed E-state index contributed by atoms with van der Waals surface area (Å²) in [5, 5.41) is 0.541. The molecule has 0 saturated carbocycles. The summed E-state index contributed by atoms with van der Waals surface area (Å²) in [6, 6.07) is 1.08. The summed E-state index contributed by atoms with van der Waals surface area (Å²) in [4.78, 5) is 30.7. The van der Waals surface area contributed by atoms with Crippen LogP contribution < -0.4 is 5.56 Å². The van der Waals surface area contributed by atoms with E-state index in [1.54, 1.807) is 19.9 Å². The lowest BCUT2D eigenvalue weighted by Crippen LogP contribution is -2.32. The van der Waals surface area contributed by atoms with Crippen molar-refractivity contribution >= 4 is 27.5 Å². The van der Waals surface area contributed by atoms with Crippen LogP contribution in [0.3, 0.4) is 0 Å². The number of nitrogens with zero attached hydrogens (tertiary/aromatic N) is 2. The monoisotopic (exact) mass is 310 g/mol. The van der Waals surface area contributed by atoms with Gasteiger partial charge < -0.3 is 9.47 Å². The number of ether oxygens (including phenoxy) is 2. The van der Waals surface area contributed by atoms with Gasteiger partial charge in [0.05, 0.1) is 12.0 Å². The Morgan fingerprint density at radius 3 is 2.81 bits per heavy atom. The van der Waals surface area contributed by atoms with E-state index in [4.69, 9.17) is 9.47 Å². The molecule has 0 amide bonds. The summed E-state index contributed by atoms with van der Waals surface area (Å²) in [5.41, 5.74) is -0.210. The highest BCUT2D eigenvalue weighted by Gasteiger charge is 2.22. The molecule has 7 heteroatoms. The summed E-state index contributed by atoms with van der Waals surface area (Å²) in [5.74, 6) is 0.0379. The molecule has 114 valence electrons. The molecule has 0 aliphatic heterocycles. The van der Waals surface area contributed by atoms with Crippen LogP contribution in [0.25, 0.3) is 10.2 Å². The van der Waals surface area contributed by atoms with Gasteiger partial charge in [0.15, 0.2) is 0 Å². The Kier molecular flexibility index (Phi) is 4.74. The third kappa shape index (κ3) is 3.14. The molecular weight excluding hydrogens is 292 g/mol. The first kappa shape index (κ1) is 15.7. The van der Waals surface area contributed by atoms with Crippen molar-refractivity contribution in [2.45, 2.75) is 26.8 Å². The average molecular weight is 310 g/mol. The average Bonchev–Trinajstić information content (AvgIpc) is 2.79. The Labute approximate surface area is 126 Å². The third-order valence-electron chi connectivity index (χ3n) is 3.16. The second-order valence-electron chi connectivity index (χ2n) is 4.75. The molecule has 0 fully saturated rings. The summed E-state index contributed by atoms with van der Waals surface area (Å²) < 4.78 is 11.3. The number of carbonyl (C=O) groups is 1. The van der Waals surface area contributed by atoms with Crippen LogP contribution in [0.2, 0.25) is 0 Å². The second kappa shape index (κ2) is 6.36. The van der Waals surface area contributed by atoms with Crippen LogP contribution in [0, 0.1) is 13.8 Å². The highest BCUT2D eigenvalue weighted by Crippen LogP contribution is 2.21. The van der Waals surface area contributed by atoms with Gasteiger partial charge >= 0.3 is 5.97 Å². The van der Waals surface area contributed by atoms with Crippen molar-refractivity contribution in [3.05, 3.63) is 27.1 Å². The fourth-order valence-corrected chi connectivity index (χ4v) is 3.04. The molecule has 0 spiro atoms. The van der Waals surface area contributed by atoms with Crippen molar-refractivity contribution in [3.63, 3.8) is 0 Å². The van der Waals surface area contributed by atoms with Crippen LogP contribution in [0.5, 0.6) is 0 Å². The maximum Gasteiger partial charge on any atom is 0.329 e. The van der Waals surface area contributed by atoms with Gasteiger partial charge in [-0.05, 0) is 26.8 Å². The molecule has 2 rings (SSSR count). The minimum Gasteiger partial charge on any atom is -0.462 e. The molecule has 1 unspecified atom stereocenters. The second-order valence-corrected chi connectivity index (χ2v) is 5.98. The Morgan fingerprint density at radius 1 is 1.43 bits per heavy atom. The molecule has 1 atom stereocenters. The SMILES string of the molecule is COCCOC(=O)C(C)n1c(C)nc2sc(C)cc2c1=O. The molecule has 0 radical (unpaired) electrons. The standard InChI is InChI=1S/C14H18N2O4S/c1-8-7-11-12(21-8)15-10(3)16(13(11)17)9(2)14(18)20-6-5-19-4/h7,9H,5-6H2,1-4H3. The molecule has 0 aromatic carbocycles. The Balaban J connectivity index is 2.36. The van der Waals surface area contributed by atoms with E-state index in [1.165, 1.54) is 23.0 Å². The first-order chi connectivity index (χ1) is 9.95. The van der Waals surface area contributed by atoms with E-state index in [2.05, 4.69) is 4.98 Å². The number of hydrogen-bond donors (Lipinski definition) is 0. The van der Waals surface area contributed by atoms with E-state index in [-0.39, 0.29) is 12.2 Å². The molecule has 0 aliphatic rings. The van der Waals surface area contributed by atoms with Gasteiger partial charge in [0.2, 0.25) is 0 Å². The van der Waals surface area contributed by atoms with Gasteiger partial charge in [-0.2, -0.15) is 0 Å². The van der Waals surface area contributed by atoms with Crippen molar-refractivity contribution < 1.29 is 14.3 Å². The topological polar surface area (TPSA) is 70.4 Å². The lowest BCUT2D eigenvalue weighted by atomic mass is 10.3. The molecule has 2 aromatic heterocycles. The van der Waals surface area contributed by atoms with Crippen LogP contribution >= 0.6 is 11.3 Å². The molecular formula is C14H18N2O4S. The lowest BCUT2D eigenvalue weighted by molar-refractivity contribution is -0.148. The van der Waals surface area contributed by atoms with E-state index in [0.717, 1.165) is 4.88 Å². The van der Waals surface area contributed by atoms with Crippen LogP contribution in [-0.2, 0) is 14.3 Å². The molecule has 2 heterocycles. The smallest absolute Gasteiger partial charge is 0.329 e. The zero-order valence-electron chi connectivity index (χ0n) is 12.5. The molecule has 0 bridgehead atoms. The number of methoxy groups -OCH3 is 1. The van der Waals surface area contributed by atoms with E-state index < -0.39 is 12.0 Å². The number of thiophene rings is 1. The Morgan fingerprint density at radius 2 is 2.14 bits per heavy atom. The van der Waals surface area contributed by atoms with Gasteiger partial charge in [0, 0.05) is 12.0 Å². The van der Waals surface area contributed by atoms with Crippen LogP contribution in [0.15, 0.2) is 10.9 Å². The first-order valence-corrected chi connectivity index (χ1v) is 7.42. The first-order valence-electron chi connectivity index (χ1n) is 6.60. The summed E-state index contributed by atoms with van der Waals surface area (Å²) in [7, 11) is 1.53. The minimum atomic E-state index is -0.716. The van der Waals surface area contributed by atoms with Gasteiger partial charge in [-0.25, -0.2) is 9.78 Å². The van der Waals surface area contributed by atoms with Gasteiger partial charge in [-0.3, -0.25) is 9.36 Å². The number of aryl methyl sites for hydroxylation is 2. The van der Waals surface area contributed by atoms with Crippen LogP contribution in [0.1, 0.15) is 23.7 Å². The zero-order valence-corrected chi connectivity index (χ0v) is 13.3. The fraction of sp³-hybridized carbons (Fsp3) is 0.500. The molecule has 21 heavy (non-hydrogen) atoms. The van der Waals surface area contributed by atoms with Crippen molar-refractivity contribution in [3.8, 4) is 0 Å². The Hall–Kier alpha value is -1.73. The van der Waals surface area contributed by atoms with Crippen molar-refractivity contribution in [1.82, 2.24) is 9.55 Å². The summed E-state index contributed by atoms with van der Waals surface area (Å²) in [6.07, 6.45) is 0. The molecule has 2 aromatic rings. The fourth-order valence-electron chi connectivity index (χ4n) is 2.12. The normalized spacial score (nSPS) is 12.6. The van der Waals surface area contributed by atoms with Crippen molar-refractivity contribution in [2.75, 3.05) is 20.3 Å². The van der Waals surface area contributed by atoms with Crippen molar-refractivity contribution in [1.29, 1.82) is 0 Å². The van der Waals surface area contributed by atoms with Gasteiger partial charge in [-0.15, -0.1) is 11.3 Å². The summed E-state index contributed by atoms with van der Waals surface area (Å²) in [6.45, 7) is 5.77. The third-order valence-corrected chi connectivity index (χ3v) is 4.10. The van der Waals surface area contributed by atoms with Crippen LogP contribution in [-0.4, -0.2) is 35.8 Å². The van der Waals surface area contributed by atoms with E-state index in [1.807, 2.05) is 6.92 Å². The highest BCUT2D eigenvalue weighted by molar-refractivity contribution is 7.18. The number of esters is 1. The molecule has 0 aliphatic carbocycles. The maximum atomic E-state index is 12.5. The minimum absolute atomic E-state index is 0.167. The number of rotatable bonds is 5. The number of fused-ring (bicyclic) bond motifs is 1. The number of hydrogen-bond acceptors (Lipinski definition) is 6. The largest absolute Gasteiger partial charge is 0.462 e. The number of aromatic nitrogens is 2. The quantitative estimate of drug-likeness (QED) is 0.622. The molecule has 6 nitrogen and oxygen atoms in total. The molecule has 0 saturated heterocycles. The number of carbonyl (C=O) groups excluding carboxylic acids is 1. The predicted molar refractivity (Wildman–Crippen MR) is 80.9 cm³/mol. The van der Waals surface area contributed by atoms with Gasteiger partial charge in [-0.1, -0.05) is 0 Å². The maximum absolute atomic E-state index is 12.5.